The fourth-order valence-corrected chi connectivity index (χ4v) is 4.52. The van der Waals surface area contributed by atoms with Gasteiger partial charge in [0.05, 0.1) is 11.1 Å². The van der Waals surface area contributed by atoms with E-state index in [0.717, 1.165) is 31.7 Å². The van der Waals surface area contributed by atoms with E-state index in [0.29, 0.717) is 11.8 Å². The van der Waals surface area contributed by atoms with E-state index in [9.17, 15) is 23.9 Å². The van der Waals surface area contributed by atoms with Crippen molar-refractivity contribution in [3.05, 3.63) is 46.0 Å². The molecule has 1 saturated carbocycles. The summed E-state index contributed by atoms with van der Waals surface area (Å²) in [7, 11) is 0. The Morgan fingerprint density at radius 2 is 1.96 bits per heavy atom. The number of aromatic nitrogens is 1. The number of carboxylic acids is 1. The monoisotopic (exact) mass is 358 g/mol. The highest BCUT2D eigenvalue weighted by Crippen LogP contribution is 2.40. The zero-order valence-corrected chi connectivity index (χ0v) is 14.1. The number of amides is 1. The minimum Gasteiger partial charge on any atom is -0.480 e. The first-order chi connectivity index (χ1) is 12.5. The molecule has 2 heterocycles. The molecular weight excluding hydrogens is 339 g/mol. The van der Waals surface area contributed by atoms with Crippen LogP contribution in [0.15, 0.2) is 29.1 Å². The van der Waals surface area contributed by atoms with E-state index in [-0.39, 0.29) is 23.0 Å². The van der Waals surface area contributed by atoms with Gasteiger partial charge in [0.15, 0.2) is 0 Å². The van der Waals surface area contributed by atoms with Crippen LogP contribution in [0.1, 0.15) is 42.5 Å². The van der Waals surface area contributed by atoms with E-state index < -0.39 is 29.3 Å². The van der Waals surface area contributed by atoms with Gasteiger partial charge in [-0.15, -0.1) is 0 Å². The molecule has 1 aliphatic carbocycles. The largest absolute Gasteiger partial charge is 0.480 e. The maximum atomic E-state index is 13.5. The molecule has 2 aromatic rings. The van der Waals surface area contributed by atoms with Crippen LogP contribution in [0.5, 0.6) is 0 Å². The number of nitrogens with zero attached hydrogens (tertiary/aromatic N) is 1. The molecule has 4 rings (SSSR count). The first-order valence-electron chi connectivity index (χ1n) is 8.84. The van der Waals surface area contributed by atoms with Gasteiger partial charge in [0.2, 0.25) is 5.56 Å². The van der Waals surface area contributed by atoms with Crippen LogP contribution >= 0.6 is 0 Å². The van der Waals surface area contributed by atoms with Gasteiger partial charge < -0.3 is 15.0 Å². The molecule has 2 fully saturated rings. The SMILES string of the molecule is O=C(O)[C@@H]1C[C@H]2CCCC[C@@H]2N1C(=O)c1cc(=O)[nH]c2cc(F)ccc12. The van der Waals surface area contributed by atoms with Crippen LogP contribution in [0.2, 0.25) is 0 Å². The van der Waals surface area contributed by atoms with Crippen molar-refractivity contribution in [3.8, 4) is 0 Å². The summed E-state index contributed by atoms with van der Waals surface area (Å²) in [5.41, 5.74) is -0.161. The molecule has 2 N–H and O–H groups in total. The smallest absolute Gasteiger partial charge is 0.326 e. The van der Waals surface area contributed by atoms with E-state index in [4.69, 9.17) is 0 Å². The fourth-order valence-electron chi connectivity index (χ4n) is 4.52. The number of hydrogen-bond acceptors (Lipinski definition) is 3. The Balaban J connectivity index is 1.82. The second kappa shape index (κ2) is 6.23. The summed E-state index contributed by atoms with van der Waals surface area (Å²) < 4.78 is 13.5. The number of rotatable bonds is 2. The minimum absolute atomic E-state index is 0.118. The molecule has 1 aromatic heterocycles. The standard InChI is InChI=1S/C19H19FN2O4/c20-11-5-6-12-13(9-17(23)21-14(12)8-11)18(24)22-15-4-2-1-3-10(15)7-16(22)19(25)26/h5-6,8-10,15-16H,1-4,7H2,(H,21,23)(H,25,26)/t10-,15+,16+/m1/s1. The molecule has 0 spiro atoms. The summed E-state index contributed by atoms with van der Waals surface area (Å²) in [5, 5.41) is 10.0. The lowest BCUT2D eigenvalue weighted by atomic mass is 9.84. The molecule has 1 saturated heterocycles. The number of carbonyl (C=O) groups excluding carboxylic acids is 1. The molecule has 2 aliphatic rings. The number of H-pyrrole nitrogens is 1. The molecule has 0 bridgehead atoms. The van der Waals surface area contributed by atoms with Crippen LogP contribution in [0.25, 0.3) is 10.9 Å². The van der Waals surface area contributed by atoms with Crippen molar-refractivity contribution in [2.75, 3.05) is 0 Å². The lowest BCUT2D eigenvalue weighted by Crippen LogP contribution is -2.46. The van der Waals surface area contributed by atoms with Crippen LogP contribution in [-0.4, -0.2) is 39.0 Å². The predicted octanol–water partition coefficient (Wildman–Crippen LogP) is 2.53. The normalized spacial score (nSPS) is 25.3. The number of carbonyl (C=O) groups is 2. The van der Waals surface area contributed by atoms with Crippen LogP contribution in [0.3, 0.4) is 0 Å². The van der Waals surface area contributed by atoms with E-state index in [1.807, 2.05) is 0 Å². The molecule has 7 heteroatoms. The molecule has 0 unspecified atom stereocenters. The number of nitrogens with one attached hydrogen (secondary N) is 1. The van der Waals surface area contributed by atoms with Gasteiger partial charge in [-0.3, -0.25) is 9.59 Å². The number of pyridine rings is 1. The van der Waals surface area contributed by atoms with Gasteiger partial charge in [-0.05, 0) is 43.4 Å². The van der Waals surface area contributed by atoms with Crippen molar-refractivity contribution < 1.29 is 19.1 Å². The number of aliphatic carboxylic acids is 1. The first-order valence-corrected chi connectivity index (χ1v) is 8.84. The number of halogens is 1. The van der Waals surface area contributed by atoms with Gasteiger partial charge in [0, 0.05) is 17.5 Å². The predicted molar refractivity (Wildman–Crippen MR) is 92.5 cm³/mol. The quantitative estimate of drug-likeness (QED) is 0.863. The molecule has 0 radical (unpaired) electrons. The van der Waals surface area contributed by atoms with Crippen LogP contribution in [0.4, 0.5) is 4.39 Å². The van der Waals surface area contributed by atoms with E-state index in [1.54, 1.807) is 0 Å². The Hall–Kier alpha value is -2.70. The lowest BCUT2D eigenvalue weighted by molar-refractivity contribution is -0.141. The van der Waals surface area contributed by atoms with Gasteiger partial charge in [-0.25, -0.2) is 9.18 Å². The maximum Gasteiger partial charge on any atom is 0.326 e. The van der Waals surface area contributed by atoms with Gasteiger partial charge in [0.25, 0.3) is 5.91 Å². The van der Waals surface area contributed by atoms with Gasteiger partial charge in [0.1, 0.15) is 11.9 Å². The van der Waals surface area contributed by atoms with E-state index >= 15 is 0 Å². The van der Waals surface area contributed by atoms with E-state index in [1.165, 1.54) is 23.1 Å². The summed E-state index contributed by atoms with van der Waals surface area (Å²) in [6, 6.07) is 4.00. The summed E-state index contributed by atoms with van der Waals surface area (Å²) in [4.78, 5) is 41.0. The van der Waals surface area contributed by atoms with Crippen LogP contribution in [0, 0.1) is 11.7 Å². The molecule has 1 amide bonds. The van der Waals surface area contributed by atoms with E-state index in [2.05, 4.69) is 4.98 Å². The Labute approximate surface area is 148 Å². The Bertz CT molecular complexity index is 954. The third-order valence-corrected chi connectivity index (χ3v) is 5.64. The van der Waals surface area contributed by atoms with Crippen molar-refractivity contribution in [1.82, 2.24) is 9.88 Å². The lowest BCUT2D eigenvalue weighted by Gasteiger charge is -2.33. The Morgan fingerprint density at radius 1 is 1.19 bits per heavy atom. The number of carboxylic acid groups (broad SMARTS) is 1. The van der Waals surface area contributed by atoms with Crippen molar-refractivity contribution in [2.24, 2.45) is 5.92 Å². The summed E-state index contributed by atoms with van der Waals surface area (Å²) >= 11 is 0. The molecule has 26 heavy (non-hydrogen) atoms. The minimum atomic E-state index is -1.02. The Morgan fingerprint density at radius 3 is 2.73 bits per heavy atom. The third-order valence-electron chi connectivity index (χ3n) is 5.64. The van der Waals surface area contributed by atoms with Gasteiger partial charge >= 0.3 is 5.97 Å². The second-order valence-electron chi connectivity index (χ2n) is 7.15. The third kappa shape index (κ3) is 2.67. The molecular formula is C19H19FN2O4. The number of likely N-dealkylation sites (tertiary alicyclic amines) is 1. The maximum absolute atomic E-state index is 13.5. The molecule has 1 aromatic carbocycles. The van der Waals surface area contributed by atoms with Crippen molar-refractivity contribution >= 4 is 22.8 Å². The molecule has 6 nitrogen and oxygen atoms in total. The van der Waals surface area contributed by atoms with Gasteiger partial charge in [-0.1, -0.05) is 12.8 Å². The average molecular weight is 358 g/mol. The number of fused-ring (bicyclic) bond motifs is 2. The summed E-state index contributed by atoms with van der Waals surface area (Å²) in [6.45, 7) is 0. The average Bonchev–Trinajstić information content (AvgIpc) is 3.00. The number of benzene rings is 1. The highest BCUT2D eigenvalue weighted by molar-refractivity contribution is 6.07. The van der Waals surface area contributed by atoms with Gasteiger partial charge in [-0.2, -0.15) is 0 Å². The summed E-state index contributed by atoms with van der Waals surface area (Å²) in [6.07, 6.45) is 4.14. The zero-order valence-electron chi connectivity index (χ0n) is 14.1. The molecule has 1 aliphatic heterocycles. The topological polar surface area (TPSA) is 90.5 Å². The van der Waals surface area contributed by atoms with Crippen molar-refractivity contribution in [2.45, 2.75) is 44.2 Å². The number of aromatic amines is 1. The second-order valence-corrected chi connectivity index (χ2v) is 7.15. The van der Waals surface area contributed by atoms with Crippen LogP contribution < -0.4 is 5.56 Å². The molecule has 136 valence electrons. The summed E-state index contributed by atoms with van der Waals surface area (Å²) in [5.74, 6) is -1.82. The number of hydrogen-bond donors (Lipinski definition) is 2. The van der Waals surface area contributed by atoms with Crippen LogP contribution in [-0.2, 0) is 4.79 Å². The zero-order chi connectivity index (χ0) is 18.4. The fraction of sp³-hybridized carbons (Fsp3) is 0.421. The highest BCUT2D eigenvalue weighted by Gasteiger charge is 2.47. The highest BCUT2D eigenvalue weighted by atomic mass is 19.1. The Kier molecular flexibility index (Phi) is 4.01. The first kappa shape index (κ1) is 16.8. The molecule has 3 atom stereocenters. The van der Waals surface area contributed by atoms with Crippen molar-refractivity contribution in [1.29, 1.82) is 0 Å². The van der Waals surface area contributed by atoms with Crippen molar-refractivity contribution in [3.63, 3.8) is 0 Å².